The summed E-state index contributed by atoms with van der Waals surface area (Å²) in [7, 11) is -3.91. The molecule has 20 heavy (non-hydrogen) atoms. The van der Waals surface area contributed by atoms with Gasteiger partial charge in [-0.1, -0.05) is 6.92 Å². The zero-order valence-electron chi connectivity index (χ0n) is 11.1. The monoisotopic (exact) mass is 301 g/mol. The number of non-ortho nitro benzene ring substituents is 1. The lowest BCUT2D eigenvalue weighted by Crippen LogP contribution is -2.31. The molecule has 0 aliphatic rings. The van der Waals surface area contributed by atoms with Crippen LogP contribution in [0.3, 0.4) is 0 Å². The predicted molar refractivity (Wildman–Crippen MR) is 71.0 cm³/mol. The van der Waals surface area contributed by atoms with Gasteiger partial charge in [0.05, 0.1) is 16.4 Å². The first-order valence-electron chi connectivity index (χ1n) is 5.99. The highest BCUT2D eigenvalue weighted by Crippen LogP contribution is 2.22. The van der Waals surface area contributed by atoms with E-state index in [1.165, 1.54) is 0 Å². The van der Waals surface area contributed by atoms with Gasteiger partial charge in [0.1, 0.15) is 0 Å². The summed E-state index contributed by atoms with van der Waals surface area (Å²) in [5.41, 5.74) is -0.215. The van der Waals surface area contributed by atoms with Gasteiger partial charge < -0.3 is 4.74 Å². The number of carbonyl (C=O) groups is 1. The third-order valence-corrected chi connectivity index (χ3v) is 4.88. The first-order chi connectivity index (χ1) is 9.34. The van der Waals surface area contributed by atoms with E-state index in [1.54, 1.807) is 13.8 Å². The fourth-order valence-corrected chi connectivity index (χ4v) is 3.27. The van der Waals surface area contributed by atoms with Crippen molar-refractivity contribution >= 4 is 21.5 Å². The zero-order valence-corrected chi connectivity index (χ0v) is 11.9. The van der Waals surface area contributed by atoms with Gasteiger partial charge in [0.25, 0.3) is 5.69 Å². The minimum atomic E-state index is -3.91. The van der Waals surface area contributed by atoms with Crippen molar-refractivity contribution in [2.75, 3.05) is 6.61 Å². The van der Waals surface area contributed by atoms with Gasteiger partial charge in [0.15, 0.2) is 15.1 Å². The Labute approximate surface area is 116 Å². The summed E-state index contributed by atoms with van der Waals surface area (Å²) < 4.78 is 29.3. The minimum absolute atomic E-state index is 0.0676. The fraction of sp³-hybridized carbons (Fsp3) is 0.417. The summed E-state index contributed by atoms with van der Waals surface area (Å²) in [4.78, 5) is 21.4. The summed E-state index contributed by atoms with van der Waals surface area (Å²) in [6.45, 7) is 3.23. The molecule has 0 aromatic heterocycles. The Hall–Kier alpha value is -1.96. The number of hydrogen-bond donors (Lipinski definition) is 0. The molecular formula is C12H15NO6S. The molecule has 1 atom stereocenters. The lowest BCUT2D eigenvalue weighted by molar-refractivity contribution is -0.384. The molecule has 1 aromatic carbocycles. The molecule has 1 aromatic rings. The van der Waals surface area contributed by atoms with Gasteiger partial charge in [-0.05, 0) is 25.5 Å². The lowest BCUT2D eigenvalue weighted by Gasteiger charge is -2.14. The summed E-state index contributed by atoms with van der Waals surface area (Å²) in [6.07, 6.45) is 0.0676. The third-order valence-electron chi connectivity index (χ3n) is 2.67. The van der Waals surface area contributed by atoms with Crippen LogP contribution in [0.15, 0.2) is 29.2 Å². The van der Waals surface area contributed by atoms with Crippen LogP contribution in [-0.2, 0) is 19.4 Å². The molecule has 0 heterocycles. The number of ether oxygens (including phenoxy) is 1. The molecule has 0 amide bonds. The van der Waals surface area contributed by atoms with Gasteiger partial charge in [0, 0.05) is 12.1 Å². The van der Waals surface area contributed by atoms with Crippen molar-refractivity contribution in [2.45, 2.75) is 30.4 Å². The van der Waals surface area contributed by atoms with E-state index in [-0.39, 0.29) is 23.6 Å². The first kappa shape index (κ1) is 16.1. The van der Waals surface area contributed by atoms with Crippen molar-refractivity contribution in [3.8, 4) is 0 Å². The summed E-state index contributed by atoms with van der Waals surface area (Å²) >= 11 is 0. The number of rotatable bonds is 6. The SMILES string of the molecule is CCOC(=O)C(CC)S(=O)(=O)c1ccc([N+](=O)[O-])cc1. The van der Waals surface area contributed by atoms with Crippen molar-refractivity contribution in [3.05, 3.63) is 34.4 Å². The minimum Gasteiger partial charge on any atom is -0.465 e. The molecule has 7 nitrogen and oxygen atoms in total. The topological polar surface area (TPSA) is 104 Å². The van der Waals surface area contributed by atoms with Gasteiger partial charge in [-0.2, -0.15) is 0 Å². The van der Waals surface area contributed by atoms with Crippen LogP contribution in [0.5, 0.6) is 0 Å². The van der Waals surface area contributed by atoms with E-state index < -0.39 is 26.0 Å². The molecule has 1 unspecified atom stereocenters. The zero-order chi connectivity index (χ0) is 15.3. The molecule has 0 bridgehead atoms. The molecule has 0 saturated heterocycles. The Kier molecular flexibility index (Phi) is 5.20. The molecule has 0 aliphatic carbocycles. The van der Waals surface area contributed by atoms with Crippen molar-refractivity contribution in [1.29, 1.82) is 0 Å². The van der Waals surface area contributed by atoms with Crippen LogP contribution in [0, 0.1) is 10.1 Å². The molecule has 0 N–H and O–H groups in total. The third kappa shape index (κ3) is 3.32. The maximum absolute atomic E-state index is 12.3. The normalized spacial score (nSPS) is 12.7. The van der Waals surface area contributed by atoms with Crippen LogP contribution >= 0.6 is 0 Å². The van der Waals surface area contributed by atoms with Crippen LogP contribution < -0.4 is 0 Å². The Morgan fingerprint density at radius 2 is 1.85 bits per heavy atom. The average molecular weight is 301 g/mol. The molecule has 0 fully saturated rings. The van der Waals surface area contributed by atoms with Gasteiger partial charge in [-0.25, -0.2) is 8.42 Å². The number of sulfone groups is 1. The molecule has 1 rings (SSSR count). The molecular weight excluding hydrogens is 286 g/mol. The molecule has 0 saturated carbocycles. The highest BCUT2D eigenvalue weighted by atomic mass is 32.2. The Balaban J connectivity index is 3.14. The van der Waals surface area contributed by atoms with Gasteiger partial charge in [0.2, 0.25) is 0 Å². The molecule has 0 aliphatic heterocycles. The summed E-state index contributed by atoms with van der Waals surface area (Å²) in [6, 6.07) is 4.42. The number of carbonyl (C=O) groups excluding carboxylic acids is 1. The van der Waals surface area contributed by atoms with E-state index in [0.717, 1.165) is 24.3 Å². The van der Waals surface area contributed by atoms with Crippen LogP contribution in [0.2, 0.25) is 0 Å². The van der Waals surface area contributed by atoms with Crippen molar-refractivity contribution in [2.24, 2.45) is 0 Å². The number of nitro groups is 1. The van der Waals surface area contributed by atoms with Gasteiger partial charge >= 0.3 is 5.97 Å². The number of nitro benzene ring substituents is 1. The van der Waals surface area contributed by atoms with Crippen molar-refractivity contribution in [1.82, 2.24) is 0 Å². The van der Waals surface area contributed by atoms with E-state index in [9.17, 15) is 23.3 Å². The smallest absolute Gasteiger partial charge is 0.324 e. The Bertz CT molecular complexity index is 593. The fourth-order valence-electron chi connectivity index (χ4n) is 1.67. The van der Waals surface area contributed by atoms with E-state index >= 15 is 0 Å². The standard InChI is InChI=1S/C12H15NO6S/c1-3-11(12(14)19-4-2)20(17,18)10-7-5-9(6-8-10)13(15)16/h5-8,11H,3-4H2,1-2H3. The van der Waals surface area contributed by atoms with Crippen LogP contribution in [0.1, 0.15) is 20.3 Å². The highest BCUT2D eigenvalue weighted by Gasteiger charge is 2.33. The van der Waals surface area contributed by atoms with Gasteiger partial charge in [-0.3, -0.25) is 14.9 Å². The Morgan fingerprint density at radius 1 is 1.30 bits per heavy atom. The van der Waals surface area contributed by atoms with Crippen LogP contribution in [0.25, 0.3) is 0 Å². The predicted octanol–water partition coefficient (Wildman–Crippen LogP) is 1.71. The number of hydrogen-bond acceptors (Lipinski definition) is 6. The average Bonchev–Trinajstić information content (AvgIpc) is 2.39. The lowest BCUT2D eigenvalue weighted by atomic mass is 10.3. The second-order valence-corrected chi connectivity index (χ2v) is 6.08. The quantitative estimate of drug-likeness (QED) is 0.450. The number of esters is 1. The molecule has 0 spiro atoms. The molecule has 0 radical (unpaired) electrons. The van der Waals surface area contributed by atoms with Crippen LogP contribution in [0.4, 0.5) is 5.69 Å². The largest absolute Gasteiger partial charge is 0.465 e. The summed E-state index contributed by atoms with van der Waals surface area (Å²) in [5.74, 6) is -0.812. The van der Waals surface area contributed by atoms with Crippen molar-refractivity contribution < 1.29 is 22.9 Å². The van der Waals surface area contributed by atoms with E-state index in [0.29, 0.717) is 0 Å². The molecule has 110 valence electrons. The van der Waals surface area contributed by atoms with Gasteiger partial charge in [-0.15, -0.1) is 0 Å². The highest BCUT2D eigenvalue weighted by molar-refractivity contribution is 7.92. The summed E-state index contributed by atoms with van der Waals surface area (Å²) in [5, 5.41) is 9.23. The number of nitrogens with zero attached hydrogens (tertiary/aromatic N) is 1. The second kappa shape index (κ2) is 6.47. The molecule has 8 heteroatoms. The van der Waals surface area contributed by atoms with Crippen molar-refractivity contribution in [3.63, 3.8) is 0 Å². The van der Waals surface area contributed by atoms with Crippen LogP contribution in [-0.4, -0.2) is 31.2 Å². The Morgan fingerprint density at radius 3 is 2.25 bits per heavy atom. The number of benzene rings is 1. The van der Waals surface area contributed by atoms with E-state index in [2.05, 4.69) is 0 Å². The second-order valence-electron chi connectivity index (χ2n) is 3.94. The maximum atomic E-state index is 12.3. The van der Waals surface area contributed by atoms with E-state index in [4.69, 9.17) is 4.74 Å². The first-order valence-corrected chi connectivity index (χ1v) is 7.54. The maximum Gasteiger partial charge on any atom is 0.324 e. The van der Waals surface area contributed by atoms with E-state index in [1.807, 2.05) is 0 Å².